The average Bonchev–Trinajstić information content (AvgIpc) is 2.85. The lowest BCUT2D eigenvalue weighted by Crippen LogP contribution is -2.04. The van der Waals surface area contributed by atoms with Crippen LogP contribution in [0.15, 0.2) is 48.5 Å². The maximum absolute atomic E-state index is 10.8. The summed E-state index contributed by atoms with van der Waals surface area (Å²) in [5.74, 6) is 0.254. The Morgan fingerprint density at radius 1 is 1.14 bits per heavy atom. The van der Waals surface area contributed by atoms with Gasteiger partial charge in [0.1, 0.15) is 5.82 Å². The largest absolute Gasteiger partial charge is 0.481 e. The van der Waals surface area contributed by atoms with Gasteiger partial charge in [-0.25, -0.2) is 4.98 Å². The first-order valence-electron chi connectivity index (χ1n) is 6.97. The van der Waals surface area contributed by atoms with E-state index in [4.69, 9.17) is 16.7 Å². The van der Waals surface area contributed by atoms with Crippen molar-refractivity contribution in [3.05, 3.63) is 65.5 Å². The van der Waals surface area contributed by atoms with Crippen LogP contribution in [0.1, 0.15) is 17.0 Å². The van der Waals surface area contributed by atoms with Gasteiger partial charge in [-0.2, -0.15) is 0 Å². The molecule has 5 heteroatoms. The van der Waals surface area contributed by atoms with Gasteiger partial charge in [0.15, 0.2) is 0 Å². The number of aliphatic carboxylic acids is 1. The van der Waals surface area contributed by atoms with Gasteiger partial charge in [-0.3, -0.25) is 4.79 Å². The van der Waals surface area contributed by atoms with E-state index in [0.717, 1.165) is 22.4 Å². The van der Waals surface area contributed by atoms with Crippen LogP contribution in [0.4, 0.5) is 0 Å². The third-order valence-electron chi connectivity index (χ3n) is 3.55. The molecule has 112 valence electrons. The number of carboxylic acids is 1. The summed E-state index contributed by atoms with van der Waals surface area (Å²) in [4.78, 5) is 15.4. The fourth-order valence-electron chi connectivity index (χ4n) is 2.55. The molecule has 3 rings (SSSR count). The van der Waals surface area contributed by atoms with E-state index in [1.807, 2.05) is 36.4 Å². The minimum Gasteiger partial charge on any atom is -0.481 e. The Morgan fingerprint density at radius 2 is 1.91 bits per heavy atom. The Morgan fingerprint density at radius 3 is 2.59 bits per heavy atom. The molecular weight excluding hydrogens is 300 g/mol. The lowest BCUT2D eigenvalue weighted by Gasteiger charge is -2.08. The maximum Gasteiger partial charge on any atom is 0.307 e. The number of carbonyl (C=O) groups is 1. The molecule has 0 saturated carbocycles. The molecule has 0 bridgehead atoms. The quantitative estimate of drug-likeness (QED) is 0.734. The number of hydrogen-bond acceptors (Lipinski definition) is 2. The third-order valence-corrected chi connectivity index (χ3v) is 3.79. The van der Waals surface area contributed by atoms with Crippen molar-refractivity contribution >= 4 is 28.6 Å². The van der Waals surface area contributed by atoms with Crippen molar-refractivity contribution < 1.29 is 9.90 Å². The number of hydrogen-bond donors (Lipinski definition) is 1. The minimum atomic E-state index is -0.847. The van der Waals surface area contributed by atoms with Gasteiger partial charge in [-0.05, 0) is 23.3 Å². The summed E-state index contributed by atoms with van der Waals surface area (Å²) >= 11 is 6.02. The first-order valence-corrected chi connectivity index (χ1v) is 7.50. The summed E-state index contributed by atoms with van der Waals surface area (Å²) in [7, 11) is 0. The van der Waals surface area contributed by atoms with Crippen LogP contribution in [0, 0.1) is 0 Å². The van der Waals surface area contributed by atoms with Gasteiger partial charge in [-0.15, -0.1) is 11.6 Å². The second-order valence-corrected chi connectivity index (χ2v) is 5.39. The standard InChI is InChI=1S/C17H15ClN2O2/c18-10-16-19-14-8-13(9-17(21)22)6-7-15(14)20(16)11-12-4-2-1-3-5-12/h1-8H,9-11H2,(H,21,22). The van der Waals surface area contributed by atoms with Crippen molar-refractivity contribution in [1.82, 2.24) is 9.55 Å². The SMILES string of the molecule is O=C(O)Cc1ccc2c(c1)nc(CCl)n2Cc1ccccc1. The molecule has 0 fully saturated rings. The van der Waals surface area contributed by atoms with Crippen molar-refractivity contribution in [2.24, 2.45) is 0 Å². The van der Waals surface area contributed by atoms with Gasteiger partial charge >= 0.3 is 5.97 Å². The maximum atomic E-state index is 10.8. The number of carboxylic acid groups (broad SMARTS) is 1. The van der Waals surface area contributed by atoms with E-state index in [1.165, 1.54) is 5.56 Å². The molecule has 1 heterocycles. The Bertz CT molecular complexity index is 812. The Balaban J connectivity index is 2.03. The predicted octanol–water partition coefficient (Wildman–Crippen LogP) is 3.45. The van der Waals surface area contributed by atoms with Crippen LogP contribution < -0.4 is 0 Å². The fourth-order valence-corrected chi connectivity index (χ4v) is 2.76. The number of alkyl halides is 1. The molecule has 0 unspecified atom stereocenters. The van der Waals surface area contributed by atoms with Crippen LogP contribution in [0.5, 0.6) is 0 Å². The smallest absolute Gasteiger partial charge is 0.307 e. The summed E-state index contributed by atoms with van der Waals surface area (Å²) in [6.45, 7) is 0.692. The zero-order valence-electron chi connectivity index (χ0n) is 11.9. The van der Waals surface area contributed by atoms with Gasteiger partial charge in [0.25, 0.3) is 0 Å². The van der Waals surface area contributed by atoms with Crippen molar-refractivity contribution in [1.29, 1.82) is 0 Å². The van der Waals surface area contributed by atoms with E-state index in [-0.39, 0.29) is 6.42 Å². The lowest BCUT2D eigenvalue weighted by molar-refractivity contribution is -0.136. The molecule has 0 spiro atoms. The highest BCUT2D eigenvalue weighted by Gasteiger charge is 2.12. The summed E-state index contributed by atoms with van der Waals surface area (Å²) in [5, 5.41) is 8.89. The van der Waals surface area contributed by atoms with Crippen molar-refractivity contribution in [2.45, 2.75) is 18.8 Å². The molecule has 3 aromatic rings. The number of halogens is 1. The number of imidazole rings is 1. The van der Waals surface area contributed by atoms with Crippen LogP contribution in [0.25, 0.3) is 11.0 Å². The number of fused-ring (bicyclic) bond motifs is 1. The van der Waals surface area contributed by atoms with E-state index in [9.17, 15) is 4.79 Å². The topological polar surface area (TPSA) is 55.1 Å². The first-order chi connectivity index (χ1) is 10.7. The molecule has 0 aliphatic rings. The van der Waals surface area contributed by atoms with Crippen LogP contribution in [0.2, 0.25) is 0 Å². The highest BCUT2D eigenvalue weighted by atomic mass is 35.5. The van der Waals surface area contributed by atoms with Gasteiger partial charge in [0, 0.05) is 6.54 Å². The average molecular weight is 315 g/mol. The second kappa shape index (κ2) is 6.20. The van der Waals surface area contributed by atoms with Gasteiger partial charge in [0.2, 0.25) is 0 Å². The minimum absolute atomic E-state index is 0.00229. The monoisotopic (exact) mass is 314 g/mol. The van der Waals surface area contributed by atoms with E-state index < -0.39 is 5.97 Å². The third kappa shape index (κ3) is 2.97. The predicted molar refractivity (Wildman–Crippen MR) is 86.2 cm³/mol. The molecule has 0 atom stereocenters. The molecule has 2 aromatic carbocycles. The number of rotatable bonds is 5. The van der Waals surface area contributed by atoms with Crippen LogP contribution in [-0.2, 0) is 23.6 Å². The molecular formula is C17H15ClN2O2. The molecule has 0 radical (unpaired) electrons. The van der Waals surface area contributed by atoms with Gasteiger partial charge < -0.3 is 9.67 Å². The summed E-state index contributed by atoms with van der Waals surface area (Å²) in [6.07, 6.45) is -0.00229. The second-order valence-electron chi connectivity index (χ2n) is 5.13. The first kappa shape index (κ1) is 14.6. The van der Waals surface area contributed by atoms with Crippen molar-refractivity contribution in [3.8, 4) is 0 Å². The highest BCUT2D eigenvalue weighted by Crippen LogP contribution is 2.21. The van der Waals surface area contributed by atoms with Crippen LogP contribution in [-0.4, -0.2) is 20.6 Å². The van der Waals surface area contributed by atoms with Crippen molar-refractivity contribution in [2.75, 3.05) is 0 Å². The summed E-state index contributed by atoms with van der Waals surface area (Å²) < 4.78 is 2.07. The van der Waals surface area contributed by atoms with Crippen LogP contribution >= 0.6 is 11.6 Å². The van der Waals surface area contributed by atoms with Gasteiger partial charge in [-0.1, -0.05) is 36.4 Å². The molecule has 4 nitrogen and oxygen atoms in total. The van der Waals surface area contributed by atoms with E-state index in [2.05, 4.69) is 21.7 Å². The molecule has 1 N–H and O–H groups in total. The van der Waals surface area contributed by atoms with Gasteiger partial charge in [0.05, 0.1) is 23.3 Å². The molecule has 0 aliphatic heterocycles. The zero-order chi connectivity index (χ0) is 15.5. The summed E-state index contributed by atoms with van der Waals surface area (Å²) in [5.41, 5.74) is 3.66. The number of aromatic nitrogens is 2. The van der Waals surface area contributed by atoms with E-state index >= 15 is 0 Å². The Labute approximate surface area is 133 Å². The molecule has 1 aromatic heterocycles. The molecule has 22 heavy (non-hydrogen) atoms. The molecule has 0 saturated heterocycles. The van der Waals surface area contributed by atoms with Crippen molar-refractivity contribution in [3.63, 3.8) is 0 Å². The lowest BCUT2D eigenvalue weighted by atomic mass is 10.1. The normalized spacial score (nSPS) is 11.0. The molecule has 0 aliphatic carbocycles. The Kier molecular flexibility index (Phi) is 4.11. The molecule has 0 amide bonds. The summed E-state index contributed by atoms with van der Waals surface area (Å²) in [6, 6.07) is 15.7. The van der Waals surface area contributed by atoms with E-state index in [1.54, 1.807) is 0 Å². The Hall–Kier alpha value is -2.33. The zero-order valence-corrected chi connectivity index (χ0v) is 12.6. The number of nitrogens with zero attached hydrogens (tertiary/aromatic N) is 2. The highest BCUT2D eigenvalue weighted by molar-refractivity contribution is 6.16. The van der Waals surface area contributed by atoms with E-state index in [0.29, 0.717) is 12.4 Å². The number of benzene rings is 2. The van der Waals surface area contributed by atoms with Crippen LogP contribution in [0.3, 0.4) is 0 Å². The fraction of sp³-hybridized carbons (Fsp3) is 0.176.